The van der Waals surface area contributed by atoms with Gasteiger partial charge in [0.05, 0.1) is 26.1 Å². The molecule has 0 saturated carbocycles. The van der Waals surface area contributed by atoms with E-state index in [-0.39, 0.29) is 5.69 Å². The minimum absolute atomic E-state index is 0.154. The van der Waals surface area contributed by atoms with Crippen molar-refractivity contribution in [2.45, 2.75) is 0 Å². The van der Waals surface area contributed by atoms with E-state index in [9.17, 15) is 30.3 Å². The molecule has 11 nitrogen and oxygen atoms in total. The third-order valence-corrected chi connectivity index (χ3v) is 3.89. The van der Waals surface area contributed by atoms with Crippen LogP contribution in [-0.4, -0.2) is 14.8 Å². The molecule has 0 saturated heterocycles. The number of hydrogen-bond acceptors (Lipinski definition) is 7. The van der Waals surface area contributed by atoms with E-state index in [1.165, 1.54) is 35.3 Å². The lowest BCUT2D eigenvalue weighted by Gasteiger charge is -2.23. The number of nitrogens with zero attached hydrogens (tertiary/aromatic N) is 5. The van der Waals surface area contributed by atoms with E-state index in [1.54, 1.807) is 30.3 Å². The average Bonchev–Trinajstić information content (AvgIpc) is 2.72. The van der Waals surface area contributed by atoms with E-state index in [4.69, 9.17) is 0 Å². The second kappa shape index (κ2) is 8.00. The lowest BCUT2D eigenvalue weighted by molar-refractivity contribution is -0.393. The van der Waals surface area contributed by atoms with Gasteiger partial charge in [0, 0.05) is 24.3 Å². The van der Waals surface area contributed by atoms with Crippen LogP contribution in [0.3, 0.4) is 0 Å². The molecule has 1 radical (unpaired) electrons. The first-order chi connectivity index (χ1) is 13.9. The highest BCUT2D eigenvalue weighted by Gasteiger charge is 2.29. The maximum atomic E-state index is 11.4. The van der Waals surface area contributed by atoms with Crippen molar-refractivity contribution in [3.63, 3.8) is 0 Å². The lowest BCUT2D eigenvalue weighted by Crippen LogP contribution is -2.24. The topological polar surface area (TPSA) is 147 Å². The number of para-hydroxylation sites is 1. The molecule has 0 aliphatic carbocycles. The molecule has 0 bridgehead atoms. The van der Waals surface area contributed by atoms with E-state index < -0.39 is 31.8 Å². The fourth-order valence-electron chi connectivity index (χ4n) is 2.57. The highest BCUT2D eigenvalue weighted by atomic mass is 16.9. The average molecular weight is 395 g/mol. The SMILES string of the molecule is O=[N+]([O-])c1cccc([N+](=O)[O-])c1[N]N(c1ccccc1)c1ccc([15N+](=O)[O-])cc1. The first kappa shape index (κ1) is 19.2. The van der Waals surface area contributed by atoms with Crippen molar-refractivity contribution in [2.24, 2.45) is 0 Å². The zero-order chi connectivity index (χ0) is 21.0. The fourth-order valence-corrected chi connectivity index (χ4v) is 2.57. The van der Waals surface area contributed by atoms with Crippen molar-refractivity contribution in [2.75, 3.05) is 5.01 Å². The summed E-state index contributed by atoms with van der Waals surface area (Å²) < 4.78 is 0. The molecular formula is C18H12N5O6. The van der Waals surface area contributed by atoms with Crippen LogP contribution >= 0.6 is 0 Å². The monoisotopic (exact) mass is 395 g/mol. The Morgan fingerprint density at radius 3 is 1.62 bits per heavy atom. The molecule has 3 aromatic carbocycles. The van der Waals surface area contributed by atoms with Gasteiger partial charge in [0.1, 0.15) is 0 Å². The van der Waals surface area contributed by atoms with E-state index in [0.717, 1.165) is 12.1 Å². The Bertz CT molecular complexity index is 1040. The molecule has 0 spiro atoms. The number of nitro groups is 3. The summed E-state index contributed by atoms with van der Waals surface area (Å²) in [5.41, 5.74) is 3.30. The van der Waals surface area contributed by atoms with Gasteiger partial charge in [-0.05, 0) is 30.3 Å². The molecule has 0 aliphatic heterocycles. The Morgan fingerprint density at radius 1 is 0.621 bits per heavy atom. The molecule has 0 atom stereocenters. The minimum Gasteiger partial charge on any atom is -0.258 e. The summed E-state index contributed by atoms with van der Waals surface area (Å²) in [5.74, 6) is 0. The van der Waals surface area contributed by atoms with Crippen molar-refractivity contribution in [1.29, 1.82) is 0 Å². The van der Waals surface area contributed by atoms with Crippen molar-refractivity contribution >= 4 is 34.1 Å². The van der Waals surface area contributed by atoms with Crippen molar-refractivity contribution < 1.29 is 14.8 Å². The number of hydrogen-bond donors (Lipinski definition) is 0. The molecule has 145 valence electrons. The quantitative estimate of drug-likeness (QED) is 0.327. The smallest absolute Gasteiger partial charge is 0.258 e. The van der Waals surface area contributed by atoms with Crippen LogP contribution in [0.5, 0.6) is 0 Å². The van der Waals surface area contributed by atoms with Crippen LogP contribution < -0.4 is 10.4 Å². The summed E-state index contributed by atoms with van der Waals surface area (Å²) in [7, 11) is 0. The highest BCUT2D eigenvalue weighted by molar-refractivity contribution is 5.73. The molecule has 0 aromatic heterocycles. The Morgan fingerprint density at radius 2 is 1.14 bits per heavy atom. The first-order valence-corrected chi connectivity index (χ1v) is 8.11. The predicted molar refractivity (Wildman–Crippen MR) is 103 cm³/mol. The number of anilines is 2. The van der Waals surface area contributed by atoms with Crippen LogP contribution in [0.4, 0.5) is 34.1 Å². The van der Waals surface area contributed by atoms with Crippen molar-refractivity contribution in [3.8, 4) is 0 Å². The first-order valence-electron chi connectivity index (χ1n) is 8.11. The predicted octanol–water partition coefficient (Wildman–Crippen LogP) is 4.40. The van der Waals surface area contributed by atoms with E-state index in [0.29, 0.717) is 11.4 Å². The number of nitro benzene ring substituents is 3. The molecule has 0 heterocycles. The van der Waals surface area contributed by atoms with Gasteiger partial charge in [0.25, 0.3) is 5.69 Å². The summed E-state index contributed by atoms with van der Waals surface area (Å²) >= 11 is 0. The summed E-state index contributed by atoms with van der Waals surface area (Å²) in [6, 6.07) is 17.1. The van der Waals surface area contributed by atoms with E-state index >= 15 is 0 Å². The summed E-state index contributed by atoms with van der Waals surface area (Å²) in [4.78, 5) is 31.6. The number of non-ortho nitro benzene ring substituents is 1. The van der Waals surface area contributed by atoms with Gasteiger partial charge in [-0.25, -0.2) is 5.01 Å². The third-order valence-electron chi connectivity index (χ3n) is 3.89. The lowest BCUT2D eigenvalue weighted by atomic mass is 10.2. The van der Waals surface area contributed by atoms with Gasteiger partial charge >= 0.3 is 11.4 Å². The minimum atomic E-state index is -0.759. The summed E-state index contributed by atoms with van der Waals surface area (Å²) in [6.07, 6.45) is 0. The number of benzene rings is 3. The molecule has 0 unspecified atom stereocenters. The van der Waals surface area contributed by atoms with E-state index in [2.05, 4.69) is 5.43 Å². The Labute approximate surface area is 163 Å². The van der Waals surface area contributed by atoms with Crippen LogP contribution in [0, 0.1) is 30.3 Å². The Balaban J connectivity index is 2.13. The molecule has 0 amide bonds. The number of rotatable bonds is 7. The van der Waals surface area contributed by atoms with Gasteiger partial charge in [0.15, 0.2) is 0 Å². The molecule has 0 N–H and O–H groups in total. The maximum Gasteiger partial charge on any atom is 0.303 e. The van der Waals surface area contributed by atoms with Gasteiger partial charge in [-0.1, -0.05) is 18.2 Å². The van der Waals surface area contributed by atoms with Gasteiger partial charge in [-0.2, -0.15) is 5.43 Å². The van der Waals surface area contributed by atoms with Crippen LogP contribution in [0.1, 0.15) is 0 Å². The molecule has 3 aromatic rings. The Kier molecular flexibility index (Phi) is 5.30. The summed E-state index contributed by atoms with van der Waals surface area (Å²) in [6.45, 7) is 0. The molecule has 11 heteroatoms. The van der Waals surface area contributed by atoms with Gasteiger partial charge < -0.3 is 0 Å². The standard InChI is InChI=1S/C18H12N5O6/c24-21(25)15-11-9-14(10-12-15)20(13-5-2-1-3-6-13)19-18-16(22(26)27)7-4-8-17(18)23(28)29/h1-12H/i21+1. The van der Waals surface area contributed by atoms with Gasteiger partial charge in [0.2, 0.25) is 5.69 Å². The zero-order valence-corrected chi connectivity index (χ0v) is 14.6. The van der Waals surface area contributed by atoms with E-state index in [1.807, 2.05) is 0 Å². The molecular weight excluding hydrogens is 383 g/mol. The van der Waals surface area contributed by atoms with Crippen molar-refractivity contribution in [1.82, 2.24) is 5.43 Å². The largest absolute Gasteiger partial charge is 0.303 e. The summed E-state index contributed by atoms with van der Waals surface area (Å²) in [5, 5.41) is 35.0. The van der Waals surface area contributed by atoms with Crippen molar-refractivity contribution in [3.05, 3.63) is 103 Å². The second-order valence-corrected chi connectivity index (χ2v) is 5.68. The van der Waals surface area contributed by atoms with Crippen LogP contribution in [0.25, 0.3) is 0 Å². The third kappa shape index (κ3) is 4.08. The highest BCUT2D eigenvalue weighted by Crippen LogP contribution is 2.37. The van der Waals surface area contributed by atoms with Gasteiger partial charge in [-0.15, -0.1) is 0 Å². The molecule has 29 heavy (non-hydrogen) atoms. The maximum absolute atomic E-state index is 11.4. The van der Waals surface area contributed by atoms with Crippen LogP contribution in [0.15, 0.2) is 72.8 Å². The second-order valence-electron chi connectivity index (χ2n) is 5.68. The van der Waals surface area contributed by atoms with Crippen LogP contribution in [-0.2, 0) is 0 Å². The molecule has 0 fully saturated rings. The zero-order valence-electron chi connectivity index (χ0n) is 14.6. The van der Waals surface area contributed by atoms with Gasteiger partial charge in [-0.3, -0.25) is 30.3 Å². The Hall–Kier alpha value is -4.54. The van der Waals surface area contributed by atoms with Crippen LogP contribution in [0.2, 0.25) is 0 Å². The molecule has 0 aliphatic rings. The molecule has 3 rings (SSSR count). The normalized spacial score (nSPS) is 10.2. The fraction of sp³-hybridized carbons (Fsp3) is 0.